The second kappa shape index (κ2) is 4.78. The van der Waals surface area contributed by atoms with Crippen molar-refractivity contribution in [2.24, 2.45) is 0 Å². The minimum Gasteiger partial charge on any atom is -0.356 e. The summed E-state index contributed by atoms with van der Waals surface area (Å²) >= 11 is 0. The fraction of sp³-hybridized carbons (Fsp3) is 0.308. The number of hydrogen-bond acceptors (Lipinski definition) is 1. The van der Waals surface area contributed by atoms with E-state index in [4.69, 9.17) is 0 Å². The van der Waals surface area contributed by atoms with Gasteiger partial charge in [-0.05, 0) is 49.1 Å². The zero-order chi connectivity index (χ0) is 11.4. The number of nitrogens with one attached hydrogen (secondary N) is 1. The van der Waals surface area contributed by atoms with Crippen LogP contribution in [0.2, 0.25) is 0 Å². The number of benzene rings is 1. The SMILES string of the molecule is CNC(=O)/C=C/c1cc(C)c(C)c(C)c1. The van der Waals surface area contributed by atoms with Gasteiger partial charge in [0, 0.05) is 13.1 Å². The van der Waals surface area contributed by atoms with Gasteiger partial charge in [0.25, 0.3) is 0 Å². The summed E-state index contributed by atoms with van der Waals surface area (Å²) in [5.41, 5.74) is 4.89. The van der Waals surface area contributed by atoms with Crippen molar-refractivity contribution in [2.75, 3.05) is 7.05 Å². The average molecular weight is 203 g/mol. The van der Waals surface area contributed by atoms with Crippen LogP contribution in [0, 0.1) is 20.8 Å². The fourth-order valence-electron chi connectivity index (χ4n) is 1.42. The van der Waals surface area contributed by atoms with Gasteiger partial charge in [-0.1, -0.05) is 12.1 Å². The Morgan fingerprint density at radius 2 is 1.73 bits per heavy atom. The van der Waals surface area contributed by atoms with Crippen LogP contribution in [-0.4, -0.2) is 13.0 Å². The van der Waals surface area contributed by atoms with E-state index in [9.17, 15) is 4.79 Å². The molecule has 1 aromatic carbocycles. The van der Waals surface area contributed by atoms with E-state index in [1.807, 2.05) is 6.08 Å². The van der Waals surface area contributed by atoms with Crippen molar-refractivity contribution >= 4 is 12.0 Å². The topological polar surface area (TPSA) is 29.1 Å². The van der Waals surface area contributed by atoms with Gasteiger partial charge in [0.15, 0.2) is 0 Å². The van der Waals surface area contributed by atoms with Crippen LogP contribution in [0.4, 0.5) is 0 Å². The molecular formula is C13H17NO. The molecule has 1 amide bonds. The van der Waals surface area contributed by atoms with Gasteiger partial charge in [-0.2, -0.15) is 0 Å². The summed E-state index contributed by atoms with van der Waals surface area (Å²) < 4.78 is 0. The lowest BCUT2D eigenvalue weighted by Gasteiger charge is -2.05. The van der Waals surface area contributed by atoms with Gasteiger partial charge in [0.05, 0.1) is 0 Å². The first-order valence-corrected chi connectivity index (χ1v) is 5.02. The second-order valence-corrected chi connectivity index (χ2v) is 3.73. The lowest BCUT2D eigenvalue weighted by molar-refractivity contribution is -0.115. The third-order valence-electron chi connectivity index (χ3n) is 2.62. The Bertz CT molecular complexity index is 382. The van der Waals surface area contributed by atoms with Gasteiger partial charge in [-0.15, -0.1) is 0 Å². The van der Waals surface area contributed by atoms with Crippen LogP contribution in [-0.2, 0) is 4.79 Å². The van der Waals surface area contributed by atoms with E-state index in [0.29, 0.717) is 0 Å². The van der Waals surface area contributed by atoms with Gasteiger partial charge < -0.3 is 5.32 Å². The zero-order valence-electron chi connectivity index (χ0n) is 9.72. The molecule has 0 aliphatic carbocycles. The van der Waals surface area contributed by atoms with Crippen LogP contribution in [0.3, 0.4) is 0 Å². The maximum Gasteiger partial charge on any atom is 0.243 e. The van der Waals surface area contributed by atoms with Crippen molar-refractivity contribution in [1.82, 2.24) is 5.32 Å². The summed E-state index contributed by atoms with van der Waals surface area (Å²) in [6.07, 6.45) is 3.38. The standard InChI is InChI=1S/C13H17NO/c1-9-7-12(5-6-13(15)14-4)8-10(2)11(9)3/h5-8H,1-4H3,(H,14,15)/b6-5+. The average Bonchev–Trinajstić information content (AvgIpc) is 2.22. The second-order valence-electron chi connectivity index (χ2n) is 3.73. The molecule has 0 aromatic heterocycles. The number of amides is 1. The van der Waals surface area contributed by atoms with Crippen LogP contribution in [0.15, 0.2) is 18.2 Å². The van der Waals surface area contributed by atoms with Crippen LogP contribution in [0.5, 0.6) is 0 Å². The molecule has 0 spiro atoms. The van der Waals surface area contributed by atoms with Crippen LogP contribution < -0.4 is 5.32 Å². The number of hydrogen-bond donors (Lipinski definition) is 1. The van der Waals surface area contributed by atoms with Gasteiger partial charge in [-0.3, -0.25) is 4.79 Å². The fourth-order valence-corrected chi connectivity index (χ4v) is 1.42. The normalized spacial score (nSPS) is 10.7. The maximum absolute atomic E-state index is 11.0. The first-order valence-electron chi connectivity index (χ1n) is 5.02. The van der Waals surface area contributed by atoms with E-state index < -0.39 is 0 Å². The molecule has 0 aliphatic rings. The summed E-state index contributed by atoms with van der Waals surface area (Å²) in [6.45, 7) is 6.27. The Morgan fingerprint density at radius 3 is 2.20 bits per heavy atom. The van der Waals surface area contributed by atoms with Crippen molar-refractivity contribution in [3.8, 4) is 0 Å². The molecule has 1 N–H and O–H groups in total. The third-order valence-corrected chi connectivity index (χ3v) is 2.62. The number of carbonyl (C=O) groups excluding carboxylic acids is 1. The van der Waals surface area contributed by atoms with E-state index in [2.05, 4.69) is 38.2 Å². The van der Waals surface area contributed by atoms with E-state index in [1.165, 1.54) is 16.7 Å². The van der Waals surface area contributed by atoms with Crippen molar-refractivity contribution in [2.45, 2.75) is 20.8 Å². The molecule has 0 radical (unpaired) electrons. The highest BCUT2D eigenvalue weighted by atomic mass is 16.1. The molecule has 80 valence electrons. The first kappa shape index (κ1) is 11.5. The molecule has 2 nitrogen and oxygen atoms in total. The number of likely N-dealkylation sites (N-methyl/N-ethyl adjacent to an activating group) is 1. The van der Waals surface area contributed by atoms with E-state index in [0.717, 1.165) is 5.56 Å². The first-order chi connectivity index (χ1) is 7.04. The molecule has 1 rings (SSSR count). The van der Waals surface area contributed by atoms with Crippen molar-refractivity contribution in [3.63, 3.8) is 0 Å². The van der Waals surface area contributed by atoms with Gasteiger partial charge in [0.1, 0.15) is 0 Å². The largest absolute Gasteiger partial charge is 0.356 e. The predicted octanol–water partition coefficient (Wildman–Crippen LogP) is 2.37. The lowest BCUT2D eigenvalue weighted by atomic mass is 10.0. The summed E-state index contributed by atoms with van der Waals surface area (Å²) in [4.78, 5) is 11.0. The highest BCUT2D eigenvalue weighted by molar-refractivity contribution is 5.91. The number of aryl methyl sites for hydroxylation is 2. The van der Waals surface area contributed by atoms with Crippen LogP contribution in [0.25, 0.3) is 6.08 Å². The molecule has 0 atom stereocenters. The molecule has 15 heavy (non-hydrogen) atoms. The molecule has 0 heterocycles. The Labute approximate surface area is 91.0 Å². The molecule has 2 heteroatoms. The minimum absolute atomic E-state index is 0.0779. The highest BCUT2D eigenvalue weighted by Crippen LogP contribution is 2.16. The third kappa shape index (κ3) is 2.94. The maximum atomic E-state index is 11.0. The number of rotatable bonds is 2. The van der Waals surface area contributed by atoms with E-state index in [-0.39, 0.29) is 5.91 Å². The minimum atomic E-state index is -0.0779. The molecule has 0 aliphatic heterocycles. The summed E-state index contributed by atoms with van der Waals surface area (Å²) in [6, 6.07) is 4.17. The molecule has 0 saturated carbocycles. The molecule has 1 aromatic rings. The van der Waals surface area contributed by atoms with Crippen LogP contribution in [0.1, 0.15) is 22.3 Å². The van der Waals surface area contributed by atoms with Crippen molar-refractivity contribution in [3.05, 3.63) is 40.5 Å². The monoisotopic (exact) mass is 203 g/mol. The van der Waals surface area contributed by atoms with Gasteiger partial charge in [0.2, 0.25) is 5.91 Å². The quantitative estimate of drug-likeness (QED) is 0.735. The van der Waals surface area contributed by atoms with Crippen LogP contribution >= 0.6 is 0 Å². The molecule has 0 fully saturated rings. The lowest BCUT2D eigenvalue weighted by Crippen LogP contribution is -2.13. The van der Waals surface area contributed by atoms with E-state index >= 15 is 0 Å². The molecular weight excluding hydrogens is 186 g/mol. The number of carbonyl (C=O) groups is 1. The molecule has 0 saturated heterocycles. The summed E-state index contributed by atoms with van der Waals surface area (Å²) in [5, 5.41) is 2.55. The van der Waals surface area contributed by atoms with Gasteiger partial charge >= 0.3 is 0 Å². The Balaban J connectivity index is 2.97. The Kier molecular flexibility index (Phi) is 3.67. The molecule has 0 bridgehead atoms. The Hall–Kier alpha value is -1.57. The molecule has 0 unspecified atom stereocenters. The predicted molar refractivity (Wildman–Crippen MR) is 63.8 cm³/mol. The zero-order valence-corrected chi connectivity index (χ0v) is 9.72. The smallest absolute Gasteiger partial charge is 0.243 e. The highest BCUT2D eigenvalue weighted by Gasteiger charge is 1.98. The van der Waals surface area contributed by atoms with E-state index in [1.54, 1.807) is 13.1 Å². The van der Waals surface area contributed by atoms with Crippen molar-refractivity contribution < 1.29 is 4.79 Å². The summed E-state index contributed by atoms with van der Waals surface area (Å²) in [7, 11) is 1.62. The summed E-state index contributed by atoms with van der Waals surface area (Å²) in [5.74, 6) is -0.0779. The Morgan fingerprint density at radius 1 is 1.20 bits per heavy atom. The van der Waals surface area contributed by atoms with Crippen molar-refractivity contribution in [1.29, 1.82) is 0 Å². The van der Waals surface area contributed by atoms with Gasteiger partial charge in [-0.25, -0.2) is 0 Å².